The molecule has 2 aromatic carbocycles. The molecule has 0 aliphatic rings. The van der Waals surface area contributed by atoms with Crippen LogP contribution >= 0.6 is 0 Å². The standard InChI is InChI=1S/C18H24N2O3/c19-9-2-1-4-14-5-6-16-13-17(8-7-15(16)12-14)23-11-3-10-20-18(21)22/h5-8,12-13,20H,1-4,9-11,19H2,(H,21,22). The van der Waals surface area contributed by atoms with Gasteiger partial charge in [-0.3, -0.25) is 0 Å². The maximum Gasteiger partial charge on any atom is 0.404 e. The minimum atomic E-state index is -1.00. The molecular weight excluding hydrogens is 292 g/mol. The molecule has 0 heterocycles. The number of benzene rings is 2. The van der Waals surface area contributed by atoms with Gasteiger partial charge in [0.05, 0.1) is 6.61 Å². The Kier molecular flexibility index (Phi) is 6.69. The number of fused-ring (bicyclic) bond motifs is 1. The highest BCUT2D eigenvalue weighted by molar-refractivity contribution is 5.84. The van der Waals surface area contributed by atoms with Crippen LogP contribution in [-0.2, 0) is 6.42 Å². The summed E-state index contributed by atoms with van der Waals surface area (Å²) in [7, 11) is 0. The van der Waals surface area contributed by atoms with Gasteiger partial charge in [0.2, 0.25) is 0 Å². The minimum absolute atomic E-state index is 0.398. The number of amides is 1. The minimum Gasteiger partial charge on any atom is -0.494 e. The molecule has 0 aliphatic heterocycles. The highest BCUT2D eigenvalue weighted by Gasteiger charge is 2.01. The van der Waals surface area contributed by atoms with Crippen LogP contribution in [0, 0.1) is 0 Å². The van der Waals surface area contributed by atoms with E-state index in [2.05, 4.69) is 29.6 Å². The zero-order valence-electron chi connectivity index (χ0n) is 13.3. The molecule has 0 spiro atoms. The smallest absolute Gasteiger partial charge is 0.404 e. The van der Waals surface area contributed by atoms with Gasteiger partial charge in [-0.25, -0.2) is 4.79 Å². The molecule has 0 aliphatic carbocycles. The van der Waals surface area contributed by atoms with Crippen molar-refractivity contribution in [3.8, 4) is 5.75 Å². The summed E-state index contributed by atoms with van der Waals surface area (Å²) in [5.74, 6) is 0.809. The van der Waals surface area contributed by atoms with E-state index in [0.717, 1.165) is 36.9 Å². The van der Waals surface area contributed by atoms with Crippen LogP contribution in [0.15, 0.2) is 36.4 Å². The SMILES string of the molecule is NCCCCc1ccc2cc(OCCCNC(=O)O)ccc2c1. The van der Waals surface area contributed by atoms with Crippen LogP contribution in [0.3, 0.4) is 0 Å². The van der Waals surface area contributed by atoms with E-state index < -0.39 is 6.09 Å². The number of nitrogens with two attached hydrogens (primary N) is 1. The molecule has 5 heteroatoms. The Labute approximate surface area is 136 Å². The maximum atomic E-state index is 10.3. The summed E-state index contributed by atoms with van der Waals surface area (Å²) in [4.78, 5) is 10.3. The molecule has 2 aromatic rings. The Bertz CT molecular complexity index is 643. The van der Waals surface area contributed by atoms with E-state index in [1.54, 1.807) is 0 Å². The van der Waals surface area contributed by atoms with Crippen LogP contribution < -0.4 is 15.8 Å². The summed E-state index contributed by atoms with van der Waals surface area (Å²) in [6.07, 6.45) is 2.87. The van der Waals surface area contributed by atoms with Crippen molar-refractivity contribution in [1.29, 1.82) is 0 Å². The second-order valence-electron chi connectivity index (χ2n) is 5.52. The van der Waals surface area contributed by atoms with E-state index >= 15 is 0 Å². The molecule has 0 aromatic heterocycles. The van der Waals surface area contributed by atoms with Crippen molar-refractivity contribution in [3.05, 3.63) is 42.0 Å². The average Bonchev–Trinajstić information content (AvgIpc) is 2.54. The van der Waals surface area contributed by atoms with Crippen molar-refractivity contribution in [2.24, 2.45) is 5.73 Å². The largest absolute Gasteiger partial charge is 0.494 e. The number of carbonyl (C=O) groups is 1. The number of unbranched alkanes of at least 4 members (excludes halogenated alkanes) is 1. The fourth-order valence-corrected chi connectivity index (χ4v) is 2.45. The van der Waals surface area contributed by atoms with Gasteiger partial charge in [0, 0.05) is 6.54 Å². The molecule has 0 unspecified atom stereocenters. The quantitative estimate of drug-likeness (QED) is 0.620. The summed E-state index contributed by atoms with van der Waals surface area (Å²) in [5, 5.41) is 13.1. The van der Waals surface area contributed by atoms with Gasteiger partial charge in [-0.1, -0.05) is 24.3 Å². The molecule has 0 saturated carbocycles. The lowest BCUT2D eigenvalue weighted by Crippen LogP contribution is -2.23. The number of aryl methyl sites for hydroxylation is 1. The molecule has 1 amide bonds. The van der Waals surface area contributed by atoms with Crippen molar-refractivity contribution in [2.75, 3.05) is 19.7 Å². The second kappa shape index (κ2) is 9.00. The van der Waals surface area contributed by atoms with E-state index in [1.807, 2.05) is 12.1 Å². The normalized spacial score (nSPS) is 10.7. The number of rotatable bonds is 9. The molecule has 0 saturated heterocycles. The van der Waals surface area contributed by atoms with Crippen molar-refractivity contribution in [1.82, 2.24) is 5.32 Å². The summed E-state index contributed by atoms with van der Waals surface area (Å²) in [5.41, 5.74) is 6.86. The van der Waals surface area contributed by atoms with Gasteiger partial charge < -0.3 is 20.9 Å². The molecule has 5 nitrogen and oxygen atoms in total. The van der Waals surface area contributed by atoms with Gasteiger partial charge in [0.15, 0.2) is 0 Å². The van der Waals surface area contributed by atoms with Crippen molar-refractivity contribution in [3.63, 3.8) is 0 Å². The van der Waals surface area contributed by atoms with Gasteiger partial charge >= 0.3 is 6.09 Å². The molecule has 0 radical (unpaired) electrons. The van der Waals surface area contributed by atoms with Crippen LogP contribution in [0.2, 0.25) is 0 Å². The topological polar surface area (TPSA) is 84.6 Å². The fourth-order valence-electron chi connectivity index (χ4n) is 2.45. The van der Waals surface area contributed by atoms with E-state index in [4.69, 9.17) is 15.6 Å². The summed E-state index contributed by atoms with van der Waals surface area (Å²) in [6.45, 7) is 1.63. The van der Waals surface area contributed by atoms with Crippen LogP contribution in [0.5, 0.6) is 5.75 Å². The predicted octanol–water partition coefficient (Wildman–Crippen LogP) is 3.16. The Balaban J connectivity index is 1.89. The van der Waals surface area contributed by atoms with Gasteiger partial charge in [-0.05, 0) is 60.7 Å². The molecule has 0 fully saturated rings. The second-order valence-corrected chi connectivity index (χ2v) is 5.52. The lowest BCUT2D eigenvalue weighted by molar-refractivity contribution is 0.193. The molecule has 2 rings (SSSR count). The van der Waals surface area contributed by atoms with Crippen molar-refractivity contribution < 1.29 is 14.6 Å². The Morgan fingerprint density at radius 2 is 1.87 bits per heavy atom. The van der Waals surface area contributed by atoms with Crippen LogP contribution in [-0.4, -0.2) is 30.9 Å². The maximum absolute atomic E-state index is 10.3. The number of hydrogen-bond acceptors (Lipinski definition) is 3. The third-order valence-corrected chi connectivity index (χ3v) is 3.66. The third kappa shape index (κ3) is 5.79. The first-order valence-electron chi connectivity index (χ1n) is 8.01. The first-order chi connectivity index (χ1) is 11.2. The average molecular weight is 316 g/mol. The van der Waals surface area contributed by atoms with Gasteiger partial charge in [0.25, 0.3) is 0 Å². The Morgan fingerprint density at radius 3 is 2.65 bits per heavy atom. The van der Waals surface area contributed by atoms with Crippen LogP contribution in [0.1, 0.15) is 24.8 Å². The molecule has 4 N–H and O–H groups in total. The number of hydrogen-bond donors (Lipinski definition) is 3. The zero-order chi connectivity index (χ0) is 16.5. The lowest BCUT2D eigenvalue weighted by Gasteiger charge is -2.08. The van der Waals surface area contributed by atoms with Crippen LogP contribution in [0.25, 0.3) is 10.8 Å². The highest BCUT2D eigenvalue weighted by Crippen LogP contribution is 2.23. The third-order valence-electron chi connectivity index (χ3n) is 3.66. The fraction of sp³-hybridized carbons (Fsp3) is 0.389. The monoisotopic (exact) mass is 316 g/mol. The summed E-state index contributed by atoms with van der Waals surface area (Å²) in [6, 6.07) is 12.5. The van der Waals surface area contributed by atoms with Crippen molar-refractivity contribution >= 4 is 16.9 Å². The van der Waals surface area contributed by atoms with Gasteiger partial charge in [-0.2, -0.15) is 0 Å². The van der Waals surface area contributed by atoms with E-state index in [-0.39, 0.29) is 0 Å². The highest BCUT2D eigenvalue weighted by atomic mass is 16.5. The summed E-state index contributed by atoms with van der Waals surface area (Å²) >= 11 is 0. The van der Waals surface area contributed by atoms with E-state index in [9.17, 15) is 4.79 Å². The number of carboxylic acid groups (broad SMARTS) is 1. The zero-order valence-corrected chi connectivity index (χ0v) is 13.3. The lowest BCUT2D eigenvalue weighted by atomic mass is 10.0. The summed E-state index contributed by atoms with van der Waals surface area (Å²) < 4.78 is 5.66. The predicted molar refractivity (Wildman–Crippen MR) is 92.1 cm³/mol. The molecule has 0 bridgehead atoms. The first kappa shape index (κ1) is 17.1. The molecule has 23 heavy (non-hydrogen) atoms. The van der Waals surface area contributed by atoms with Gasteiger partial charge in [-0.15, -0.1) is 0 Å². The molecular formula is C18H24N2O3. The van der Waals surface area contributed by atoms with Crippen molar-refractivity contribution in [2.45, 2.75) is 25.7 Å². The number of nitrogens with one attached hydrogen (secondary N) is 1. The molecule has 124 valence electrons. The number of ether oxygens (including phenoxy) is 1. The van der Waals surface area contributed by atoms with E-state index in [1.165, 1.54) is 10.9 Å². The Hall–Kier alpha value is -2.27. The van der Waals surface area contributed by atoms with Gasteiger partial charge in [0.1, 0.15) is 5.75 Å². The first-order valence-corrected chi connectivity index (χ1v) is 8.01. The van der Waals surface area contributed by atoms with E-state index in [0.29, 0.717) is 19.6 Å². The Morgan fingerprint density at radius 1 is 1.09 bits per heavy atom. The molecule has 0 atom stereocenters. The van der Waals surface area contributed by atoms with Crippen LogP contribution in [0.4, 0.5) is 4.79 Å².